The number of fused-ring (bicyclic) bond motifs is 1. The van der Waals surface area contributed by atoms with Gasteiger partial charge in [0.05, 0.1) is 18.1 Å². The maximum absolute atomic E-state index is 10.6. The second kappa shape index (κ2) is 7.44. The predicted molar refractivity (Wildman–Crippen MR) is 90.4 cm³/mol. The number of carboxylic acid groups (broad SMARTS) is 1. The van der Waals surface area contributed by atoms with E-state index in [0.29, 0.717) is 18.3 Å². The van der Waals surface area contributed by atoms with Crippen molar-refractivity contribution in [2.45, 2.75) is 12.8 Å². The lowest BCUT2D eigenvalue weighted by Crippen LogP contribution is -2.30. The van der Waals surface area contributed by atoms with E-state index in [1.807, 2.05) is 24.4 Å². The third kappa shape index (κ3) is 3.91. The summed E-state index contributed by atoms with van der Waals surface area (Å²) in [6, 6.07) is 5.75. The average Bonchev–Trinajstić information content (AvgIpc) is 3.05. The van der Waals surface area contributed by atoms with Crippen molar-refractivity contribution < 1.29 is 14.6 Å². The molecular formula is C17H22N4O3. The van der Waals surface area contributed by atoms with Gasteiger partial charge in [-0.2, -0.15) is 0 Å². The van der Waals surface area contributed by atoms with Gasteiger partial charge in [-0.05, 0) is 43.0 Å². The highest BCUT2D eigenvalue weighted by Crippen LogP contribution is 2.20. The normalized spacial score (nSPS) is 18.0. The van der Waals surface area contributed by atoms with E-state index < -0.39 is 6.09 Å². The molecule has 24 heavy (non-hydrogen) atoms. The summed E-state index contributed by atoms with van der Waals surface area (Å²) in [5, 5.41) is 11.2. The lowest BCUT2D eigenvalue weighted by Gasteiger charge is -2.16. The van der Waals surface area contributed by atoms with E-state index in [4.69, 9.17) is 9.84 Å². The third-order valence-electron chi connectivity index (χ3n) is 4.46. The molecule has 0 spiro atoms. The van der Waals surface area contributed by atoms with Gasteiger partial charge in [0.15, 0.2) is 0 Å². The summed E-state index contributed by atoms with van der Waals surface area (Å²) in [6.45, 7) is 3.40. The predicted octanol–water partition coefficient (Wildman–Crippen LogP) is 1.77. The molecule has 0 aliphatic carbocycles. The third-order valence-corrected chi connectivity index (χ3v) is 4.46. The standard InChI is InChI=1S/C17H22N4O3/c1-24-15-3-2-14-16(20-15)13(4-7-18-14)6-9-21-8-5-12(11-21)10-19-17(22)23/h2-4,7,12,19H,5-6,8-11H2,1H3,(H,22,23)/t12-/m0/s1. The number of ether oxygens (including phenoxy) is 1. The molecule has 3 rings (SSSR count). The van der Waals surface area contributed by atoms with Crippen molar-refractivity contribution >= 4 is 17.1 Å². The molecule has 1 aliphatic rings. The summed E-state index contributed by atoms with van der Waals surface area (Å²) in [4.78, 5) is 21.8. The zero-order chi connectivity index (χ0) is 16.9. The molecule has 1 amide bonds. The van der Waals surface area contributed by atoms with Crippen molar-refractivity contribution in [3.05, 3.63) is 30.0 Å². The Bertz CT molecular complexity index is 722. The molecule has 1 fully saturated rings. The van der Waals surface area contributed by atoms with Crippen LogP contribution in [-0.4, -0.2) is 59.4 Å². The van der Waals surface area contributed by atoms with Crippen LogP contribution in [0.4, 0.5) is 4.79 Å². The Morgan fingerprint density at radius 2 is 2.33 bits per heavy atom. The first-order valence-electron chi connectivity index (χ1n) is 8.13. The van der Waals surface area contributed by atoms with Crippen molar-refractivity contribution in [1.29, 1.82) is 0 Å². The molecule has 1 saturated heterocycles. The highest BCUT2D eigenvalue weighted by atomic mass is 16.5. The number of likely N-dealkylation sites (tertiary alicyclic amines) is 1. The summed E-state index contributed by atoms with van der Waals surface area (Å²) in [7, 11) is 1.61. The van der Waals surface area contributed by atoms with Gasteiger partial charge < -0.3 is 20.1 Å². The van der Waals surface area contributed by atoms with Gasteiger partial charge in [0.1, 0.15) is 0 Å². The minimum Gasteiger partial charge on any atom is -0.481 e. The Kier molecular flexibility index (Phi) is 5.10. The molecule has 1 aliphatic heterocycles. The van der Waals surface area contributed by atoms with Crippen molar-refractivity contribution in [2.75, 3.05) is 33.3 Å². The summed E-state index contributed by atoms with van der Waals surface area (Å²) in [5.41, 5.74) is 2.92. The number of hydrogen-bond donors (Lipinski definition) is 2. The van der Waals surface area contributed by atoms with Crippen LogP contribution >= 0.6 is 0 Å². The van der Waals surface area contributed by atoms with Gasteiger partial charge in [0, 0.05) is 31.9 Å². The van der Waals surface area contributed by atoms with Gasteiger partial charge in [-0.1, -0.05) is 0 Å². The molecule has 7 nitrogen and oxygen atoms in total. The second-order valence-corrected chi connectivity index (χ2v) is 6.08. The Hall–Kier alpha value is -2.41. The van der Waals surface area contributed by atoms with E-state index in [-0.39, 0.29) is 0 Å². The molecule has 2 aromatic heterocycles. The largest absolute Gasteiger partial charge is 0.481 e. The van der Waals surface area contributed by atoms with Gasteiger partial charge in [-0.3, -0.25) is 4.98 Å². The minimum atomic E-state index is -0.947. The summed E-state index contributed by atoms with van der Waals surface area (Å²) < 4.78 is 5.21. The zero-order valence-electron chi connectivity index (χ0n) is 13.7. The van der Waals surface area contributed by atoms with Crippen LogP contribution in [0.5, 0.6) is 5.88 Å². The SMILES string of the molecule is COc1ccc2nccc(CCN3CC[C@@H](CNC(=O)O)C3)c2n1. The Balaban J connectivity index is 1.61. The lowest BCUT2D eigenvalue weighted by atomic mass is 10.1. The number of amides is 1. The van der Waals surface area contributed by atoms with Crippen LogP contribution < -0.4 is 10.1 Å². The molecule has 1 atom stereocenters. The Morgan fingerprint density at radius 3 is 3.12 bits per heavy atom. The van der Waals surface area contributed by atoms with Crippen LogP contribution in [0.15, 0.2) is 24.4 Å². The number of methoxy groups -OCH3 is 1. The van der Waals surface area contributed by atoms with Gasteiger partial charge in [-0.25, -0.2) is 9.78 Å². The second-order valence-electron chi connectivity index (χ2n) is 6.08. The fourth-order valence-corrected chi connectivity index (χ4v) is 3.17. The number of hydrogen-bond acceptors (Lipinski definition) is 5. The first-order valence-corrected chi connectivity index (χ1v) is 8.13. The van der Waals surface area contributed by atoms with Gasteiger partial charge in [0.25, 0.3) is 0 Å². The summed E-state index contributed by atoms with van der Waals surface area (Å²) >= 11 is 0. The molecule has 0 bridgehead atoms. The molecular weight excluding hydrogens is 308 g/mol. The molecule has 0 radical (unpaired) electrons. The number of nitrogens with zero attached hydrogens (tertiary/aromatic N) is 3. The van der Waals surface area contributed by atoms with Crippen molar-refractivity contribution in [2.24, 2.45) is 5.92 Å². The van der Waals surface area contributed by atoms with Crippen molar-refractivity contribution in [3.63, 3.8) is 0 Å². The van der Waals surface area contributed by atoms with Crippen LogP contribution in [-0.2, 0) is 6.42 Å². The highest BCUT2D eigenvalue weighted by Gasteiger charge is 2.22. The van der Waals surface area contributed by atoms with Crippen molar-refractivity contribution in [1.82, 2.24) is 20.2 Å². The maximum Gasteiger partial charge on any atom is 0.404 e. The fourth-order valence-electron chi connectivity index (χ4n) is 3.17. The Labute approximate surface area is 140 Å². The first kappa shape index (κ1) is 16.4. The van der Waals surface area contributed by atoms with E-state index >= 15 is 0 Å². The Morgan fingerprint density at radius 1 is 1.46 bits per heavy atom. The number of nitrogens with one attached hydrogen (secondary N) is 1. The van der Waals surface area contributed by atoms with Gasteiger partial charge in [-0.15, -0.1) is 0 Å². The molecule has 128 valence electrons. The molecule has 7 heteroatoms. The lowest BCUT2D eigenvalue weighted by molar-refractivity contribution is 0.192. The topological polar surface area (TPSA) is 87.6 Å². The van der Waals surface area contributed by atoms with E-state index in [9.17, 15) is 4.79 Å². The van der Waals surface area contributed by atoms with Crippen LogP contribution in [0.1, 0.15) is 12.0 Å². The average molecular weight is 330 g/mol. The van der Waals surface area contributed by atoms with Crippen LogP contribution in [0, 0.1) is 5.92 Å². The van der Waals surface area contributed by atoms with E-state index in [1.54, 1.807) is 7.11 Å². The summed E-state index contributed by atoms with van der Waals surface area (Å²) in [6.07, 6.45) is 2.79. The monoisotopic (exact) mass is 330 g/mol. The van der Waals surface area contributed by atoms with Crippen LogP contribution in [0.2, 0.25) is 0 Å². The smallest absolute Gasteiger partial charge is 0.404 e. The maximum atomic E-state index is 10.6. The van der Waals surface area contributed by atoms with Crippen LogP contribution in [0.3, 0.4) is 0 Å². The molecule has 2 N–H and O–H groups in total. The highest BCUT2D eigenvalue weighted by molar-refractivity contribution is 5.78. The number of carbonyl (C=O) groups is 1. The van der Waals surface area contributed by atoms with Crippen molar-refractivity contribution in [3.8, 4) is 5.88 Å². The molecule has 0 aromatic carbocycles. The quantitative estimate of drug-likeness (QED) is 0.839. The molecule has 0 saturated carbocycles. The number of rotatable bonds is 6. The minimum absolute atomic E-state index is 0.397. The summed E-state index contributed by atoms with van der Waals surface area (Å²) in [5.74, 6) is 0.992. The first-order chi connectivity index (χ1) is 11.7. The van der Waals surface area contributed by atoms with Crippen LogP contribution in [0.25, 0.3) is 11.0 Å². The zero-order valence-corrected chi connectivity index (χ0v) is 13.7. The van der Waals surface area contributed by atoms with Gasteiger partial charge in [0.2, 0.25) is 5.88 Å². The molecule has 0 unspecified atom stereocenters. The van der Waals surface area contributed by atoms with E-state index in [0.717, 1.165) is 49.1 Å². The van der Waals surface area contributed by atoms with E-state index in [2.05, 4.69) is 20.2 Å². The van der Waals surface area contributed by atoms with Gasteiger partial charge >= 0.3 is 6.09 Å². The fraction of sp³-hybridized carbons (Fsp3) is 0.471. The number of aromatic nitrogens is 2. The van der Waals surface area contributed by atoms with E-state index in [1.165, 1.54) is 0 Å². The number of pyridine rings is 2. The molecule has 3 heterocycles. The molecule has 2 aromatic rings.